The van der Waals surface area contributed by atoms with Gasteiger partial charge in [0, 0.05) is 38.7 Å². The first-order chi connectivity index (χ1) is 9.73. The summed E-state index contributed by atoms with van der Waals surface area (Å²) >= 11 is 0. The lowest BCUT2D eigenvalue weighted by Crippen LogP contribution is -2.43. The SMILES string of the molecule is CC1(CN2CCC(Cn3ccnc3)CC2)CCOCC1. The molecule has 0 N–H and O–H groups in total. The summed E-state index contributed by atoms with van der Waals surface area (Å²) in [5.41, 5.74) is 0.482. The molecule has 4 nitrogen and oxygen atoms in total. The lowest BCUT2D eigenvalue weighted by atomic mass is 9.81. The monoisotopic (exact) mass is 277 g/mol. The largest absolute Gasteiger partial charge is 0.381 e. The van der Waals surface area contributed by atoms with Gasteiger partial charge in [0.05, 0.1) is 6.33 Å². The van der Waals surface area contributed by atoms with Crippen LogP contribution in [0.1, 0.15) is 32.6 Å². The highest BCUT2D eigenvalue weighted by molar-refractivity contribution is 4.84. The van der Waals surface area contributed by atoms with Crippen molar-refractivity contribution in [1.29, 1.82) is 0 Å². The van der Waals surface area contributed by atoms with Crippen molar-refractivity contribution in [3.8, 4) is 0 Å². The highest BCUT2D eigenvalue weighted by Gasteiger charge is 2.31. The number of hydrogen-bond acceptors (Lipinski definition) is 3. The van der Waals surface area contributed by atoms with Crippen molar-refractivity contribution < 1.29 is 4.74 Å². The second-order valence-electron chi connectivity index (χ2n) is 6.90. The number of likely N-dealkylation sites (tertiary alicyclic amines) is 1. The third-order valence-corrected chi connectivity index (χ3v) is 5.04. The summed E-state index contributed by atoms with van der Waals surface area (Å²) in [6.45, 7) is 9.26. The highest BCUT2D eigenvalue weighted by atomic mass is 16.5. The fourth-order valence-electron chi connectivity index (χ4n) is 3.58. The van der Waals surface area contributed by atoms with Crippen molar-refractivity contribution in [2.75, 3.05) is 32.8 Å². The average molecular weight is 277 g/mol. The van der Waals surface area contributed by atoms with E-state index in [1.807, 2.05) is 12.5 Å². The van der Waals surface area contributed by atoms with Gasteiger partial charge in [-0.25, -0.2) is 4.98 Å². The minimum Gasteiger partial charge on any atom is -0.381 e. The predicted octanol–water partition coefficient (Wildman–Crippen LogP) is 2.41. The maximum Gasteiger partial charge on any atom is 0.0945 e. The van der Waals surface area contributed by atoms with Gasteiger partial charge >= 0.3 is 0 Å². The van der Waals surface area contributed by atoms with E-state index in [1.54, 1.807) is 0 Å². The number of rotatable bonds is 4. The van der Waals surface area contributed by atoms with Crippen LogP contribution in [0.15, 0.2) is 18.7 Å². The molecule has 0 saturated carbocycles. The molecule has 112 valence electrons. The van der Waals surface area contributed by atoms with Crippen LogP contribution in [-0.2, 0) is 11.3 Å². The molecule has 3 rings (SSSR count). The molecule has 0 unspecified atom stereocenters. The molecule has 0 radical (unpaired) electrons. The number of aromatic nitrogens is 2. The van der Waals surface area contributed by atoms with E-state index in [-0.39, 0.29) is 0 Å². The fraction of sp³-hybridized carbons (Fsp3) is 0.812. The maximum atomic E-state index is 5.50. The number of piperidine rings is 1. The summed E-state index contributed by atoms with van der Waals surface area (Å²) in [5, 5.41) is 0. The Balaban J connectivity index is 1.44. The molecule has 0 bridgehead atoms. The average Bonchev–Trinajstić information content (AvgIpc) is 2.94. The van der Waals surface area contributed by atoms with E-state index in [0.29, 0.717) is 5.41 Å². The number of imidazole rings is 1. The van der Waals surface area contributed by atoms with Crippen LogP contribution in [0, 0.1) is 11.3 Å². The summed E-state index contributed by atoms with van der Waals surface area (Å²) in [5.74, 6) is 0.822. The molecule has 2 aliphatic rings. The molecule has 0 amide bonds. The molecule has 1 aromatic heterocycles. The molecule has 20 heavy (non-hydrogen) atoms. The first kappa shape index (κ1) is 14.1. The molecule has 4 heteroatoms. The normalized spacial score (nSPS) is 24.9. The molecule has 1 aromatic rings. The molecular weight excluding hydrogens is 250 g/mol. The lowest BCUT2D eigenvalue weighted by molar-refractivity contribution is -0.000872. The van der Waals surface area contributed by atoms with Crippen LogP contribution in [0.2, 0.25) is 0 Å². The van der Waals surface area contributed by atoms with Crippen molar-refractivity contribution in [3.63, 3.8) is 0 Å². The third kappa shape index (κ3) is 3.61. The number of ether oxygens (including phenoxy) is 1. The smallest absolute Gasteiger partial charge is 0.0945 e. The molecular formula is C16H27N3O. The minimum absolute atomic E-state index is 0.482. The first-order valence-electron chi connectivity index (χ1n) is 7.99. The van der Waals surface area contributed by atoms with Gasteiger partial charge in [0.15, 0.2) is 0 Å². The first-order valence-corrected chi connectivity index (χ1v) is 7.99. The topological polar surface area (TPSA) is 30.3 Å². The van der Waals surface area contributed by atoms with Gasteiger partial charge in [0.1, 0.15) is 0 Å². The molecule has 2 aliphatic heterocycles. The van der Waals surface area contributed by atoms with E-state index in [0.717, 1.165) is 25.7 Å². The van der Waals surface area contributed by atoms with Gasteiger partial charge in [-0.3, -0.25) is 0 Å². The molecule has 2 fully saturated rings. The van der Waals surface area contributed by atoms with E-state index >= 15 is 0 Å². The van der Waals surface area contributed by atoms with Gasteiger partial charge in [-0.1, -0.05) is 6.92 Å². The van der Waals surface area contributed by atoms with Crippen molar-refractivity contribution in [2.24, 2.45) is 11.3 Å². The summed E-state index contributed by atoms with van der Waals surface area (Å²) < 4.78 is 7.73. The Bertz CT molecular complexity index is 390. The maximum absolute atomic E-state index is 5.50. The van der Waals surface area contributed by atoms with Crippen molar-refractivity contribution in [2.45, 2.75) is 39.2 Å². The van der Waals surface area contributed by atoms with E-state index < -0.39 is 0 Å². The van der Waals surface area contributed by atoms with Crippen LogP contribution in [0.5, 0.6) is 0 Å². The summed E-state index contributed by atoms with van der Waals surface area (Å²) in [6, 6.07) is 0. The van der Waals surface area contributed by atoms with Crippen LogP contribution in [0.3, 0.4) is 0 Å². The summed E-state index contributed by atoms with van der Waals surface area (Å²) in [4.78, 5) is 6.81. The predicted molar refractivity (Wildman–Crippen MR) is 79.6 cm³/mol. The highest BCUT2D eigenvalue weighted by Crippen LogP contribution is 2.32. The third-order valence-electron chi connectivity index (χ3n) is 5.04. The van der Waals surface area contributed by atoms with Gasteiger partial charge in [0.25, 0.3) is 0 Å². The molecule has 2 saturated heterocycles. The van der Waals surface area contributed by atoms with Gasteiger partial charge in [0.2, 0.25) is 0 Å². The van der Waals surface area contributed by atoms with Gasteiger partial charge in [-0.15, -0.1) is 0 Å². The molecule has 0 atom stereocenters. The van der Waals surface area contributed by atoms with Gasteiger partial charge in [-0.2, -0.15) is 0 Å². The Hall–Kier alpha value is -0.870. The Morgan fingerprint density at radius 2 is 2.00 bits per heavy atom. The van der Waals surface area contributed by atoms with E-state index in [9.17, 15) is 0 Å². The van der Waals surface area contributed by atoms with E-state index in [4.69, 9.17) is 4.74 Å². The van der Waals surface area contributed by atoms with Gasteiger partial charge < -0.3 is 14.2 Å². The van der Waals surface area contributed by atoms with Crippen molar-refractivity contribution in [3.05, 3.63) is 18.7 Å². The van der Waals surface area contributed by atoms with Crippen LogP contribution in [-0.4, -0.2) is 47.3 Å². The van der Waals surface area contributed by atoms with Crippen LogP contribution >= 0.6 is 0 Å². The summed E-state index contributed by atoms with van der Waals surface area (Å²) in [6.07, 6.45) is 11.0. The number of hydrogen-bond donors (Lipinski definition) is 0. The van der Waals surface area contributed by atoms with Crippen LogP contribution in [0.25, 0.3) is 0 Å². The zero-order valence-electron chi connectivity index (χ0n) is 12.6. The second-order valence-corrected chi connectivity index (χ2v) is 6.90. The Morgan fingerprint density at radius 1 is 1.25 bits per heavy atom. The molecule has 0 aliphatic carbocycles. The number of nitrogens with zero attached hydrogens (tertiary/aromatic N) is 3. The Morgan fingerprint density at radius 3 is 2.65 bits per heavy atom. The molecule has 0 spiro atoms. The summed E-state index contributed by atoms with van der Waals surface area (Å²) in [7, 11) is 0. The Labute approximate surface area is 122 Å². The van der Waals surface area contributed by atoms with E-state index in [2.05, 4.69) is 27.6 Å². The lowest BCUT2D eigenvalue weighted by Gasteiger charge is -2.41. The van der Waals surface area contributed by atoms with Crippen molar-refractivity contribution in [1.82, 2.24) is 14.5 Å². The quantitative estimate of drug-likeness (QED) is 0.846. The fourth-order valence-corrected chi connectivity index (χ4v) is 3.58. The van der Waals surface area contributed by atoms with Crippen molar-refractivity contribution >= 4 is 0 Å². The minimum atomic E-state index is 0.482. The van der Waals surface area contributed by atoms with Crippen LogP contribution in [0.4, 0.5) is 0 Å². The zero-order valence-corrected chi connectivity index (χ0v) is 12.6. The zero-order chi connectivity index (χ0) is 13.8. The Kier molecular flexibility index (Phi) is 4.41. The standard InChI is InChI=1S/C16H27N3O/c1-16(4-10-20-11-5-16)13-18-7-2-15(3-8-18)12-19-9-6-17-14-19/h6,9,14-15H,2-5,7-8,10-13H2,1H3. The molecule has 3 heterocycles. The van der Waals surface area contributed by atoms with E-state index in [1.165, 1.54) is 45.3 Å². The van der Waals surface area contributed by atoms with Crippen LogP contribution < -0.4 is 0 Å². The second kappa shape index (κ2) is 6.27. The molecule has 0 aromatic carbocycles. The van der Waals surface area contributed by atoms with Gasteiger partial charge in [-0.05, 0) is 50.1 Å².